The molecule has 2 aromatic heterocycles. The van der Waals surface area contributed by atoms with Gasteiger partial charge in [-0.2, -0.15) is 5.10 Å². The average molecular weight is 400 g/mol. The Morgan fingerprint density at radius 3 is 2.90 bits per heavy atom. The summed E-state index contributed by atoms with van der Waals surface area (Å²) in [6, 6.07) is 5.49. The lowest BCUT2D eigenvalue weighted by Crippen LogP contribution is -1.97. The van der Waals surface area contributed by atoms with Crippen molar-refractivity contribution < 1.29 is 4.79 Å². The highest BCUT2D eigenvalue weighted by Gasteiger charge is 2.18. The fourth-order valence-electron chi connectivity index (χ4n) is 1.99. The molecule has 3 aromatic rings. The fraction of sp³-hybridized carbons (Fsp3) is 0. The molecular weight excluding hydrogens is 393 g/mol. The highest BCUT2D eigenvalue weighted by atomic mass is 127. The first-order chi connectivity index (χ1) is 9.56. The van der Waals surface area contributed by atoms with E-state index in [1.165, 1.54) is 0 Å². The van der Waals surface area contributed by atoms with Gasteiger partial charge in [0.15, 0.2) is 5.69 Å². The van der Waals surface area contributed by atoms with Crippen molar-refractivity contribution in [1.29, 1.82) is 0 Å². The van der Waals surface area contributed by atoms with Crippen molar-refractivity contribution >= 4 is 56.3 Å². The summed E-state index contributed by atoms with van der Waals surface area (Å²) in [6.45, 7) is 0. The number of halogens is 2. The Hall–Kier alpha value is -1.74. The minimum Gasteiger partial charge on any atom is -0.368 e. The van der Waals surface area contributed by atoms with Gasteiger partial charge in [0, 0.05) is 20.7 Å². The van der Waals surface area contributed by atoms with Crippen molar-refractivity contribution in [2.24, 2.45) is 0 Å². The van der Waals surface area contributed by atoms with Crippen LogP contribution in [0, 0.1) is 3.57 Å². The van der Waals surface area contributed by atoms with Crippen molar-refractivity contribution in [2.75, 3.05) is 5.73 Å². The van der Waals surface area contributed by atoms with E-state index in [0.717, 1.165) is 9.13 Å². The zero-order chi connectivity index (χ0) is 14.3. The van der Waals surface area contributed by atoms with Gasteiger partial charge in [-0.25, -0.2) is 9.97 Å². The molecule has 0 spiro atoms. The van der Waals surface area contributed by atoms with Crippen LogP contribution in [0.4, 0.5) is 5.95 Å². The van der Waals surface area contributed by atoms with Crippen LogP contribution in [0.3, 0.4) is 0 Å². The van der Waals surface area contributed by atoms with Gasteiger partial charge in [-0.3, -0.25) is 9.89 Å². The van der Waals surface area contributed by atoms with Crippen LogP contribution in [-0.4, -0.2) is 25.4 Å². The normalized spacial score (nSPS) is 10.9. The third kappa shape index (κ3) is 2.22. The van der Waals surface area contributed by atoms with Gasteiger partial charge in [-0.1, -0.05) is 0 Å². The predicted octanol–water partition coefficient (Wildman–Crippen LogP) is 2.59. The molecule has 0 fully saturated rings. The predicted molar refractivity (Wildman–Crippen MR) is 84.4 cm³/mol. The first-order valence-corrected chi connectivity index (χ1v) is 6.98. The molecule has 3 rings (SSSR count). The molecule has 8 heteroatoms. The van der Waals surface area contributed by atoms with Crippen LogP contribution in [0.15, 0.2) is 24.4 Å². The first kappa shape index (κ1) is 13.3. The Morgan fingerprint density at radius 1 is 1.40 bits per heavy atom. The molecule has 0 radical (unpaired) electrons. The summed E-state index contributed by atoms with van der Waals surface area (Å²) in [5.41, 5.74) is 7.85. The van der Waals surface area contributed by atoms with Crippen LogP contribution in [0.5, 0.6) is 0 Å². The number of hydrogen-bond donors (Lipinski definition) is 2. The lowest BCUT2D eigenvalue weighted by molar-refractivity contribution is 0.107. The monoisotopic (exact) mass is 399 g/mol. The average Bonchev–Trinajstić information content (AvgIpc) is 2.81. The second-order valence-corrected chi connectivity index (χ2v) is 5.61. The molecule has 2 heterocycles. The van der Waals surface area contributed by atoms with Crippen LogP contribution in [-0.2, 0) is 0 Å². The Kier molecular flexibility index (Phi) is 3.30. The standard InChI is InChI=1S/C12H7ClIN5O/c13-11(20)10-9-6(7-1-2-16-12(15)17-7)3-5(14)4-8(9)18-19-10/h1-4H,(H,18,19)(H2,15,16,17). The van der Waals surface area contributed by atoms with E-state index in [4.69, 9.17) is 17.3 Å². The van der Waals surface area contributed by atoms with E-state index < -0.39 is 5.24 Å². The zero-order valence-corrected chi connectivity index (χ0v) is 12.8. The summed E-state index contributed by atoms with van der Waals surface area (Å²) in [6.07, 6.45) is 1.56. The van der Waals surface area contributed by atoms with E-state index in [2.05, 4.69) is 42.8 Å². The largest absolute Gasteiger partial charge is 0.368 e. The molecule has 0 amide bonds. The first-order valence-electron chi connectivity index (χ1n) is 5.52. The molecule has 0 saturated carbocycles. The minimum atomic E-state index is -0.624. The van der Waals surface area contributed by atoms with Gasteiger partial charge in [0.05, 0.1) is 11.2 Å². The summed E-state index contributed by atoms with van der Waals surface area (Å²) in [5, 5.41) is 6.76. The maximum atomic E-state index is 11.5. The van der Waals surface area contributed by atoms with Crippen LogP contribution >= 0.6 is 34.2 Å². The second kappa shape index (κ2) is 4.98. The fourth-order valence-corrected chi connectivity index (χ4v) is 2.75. The topological polar surface area (TPSA) is 97.5 Å². The summed E-state index contributed by atoms with van der Waals surface area (Å²) in [5.74, 6) is 0.164. The molecule has 0 saturated heterocycles. The summed E-state index contributed by atoms with van der Waals surface area (Å²) < 4.78 is 0.972. The molecule has 100 valence electrons. The van der Waals surface area contributed by atoms with Crippen LogP contribution in [0.2, 0.25) is 0 Å². The number of nitrogens with zero attached hydrogens (tertiary/aromatic N) is 3. The Balaban J connectivity index is 2.39. The molecule has 0 atom stereocenters. The van der Waals surface area contributed by atoms with E-state index >= 15 is 0 Å². The maximum absolute atomic E-state index is 11.5. The molecule has 6 nitrogen and oxygen atoms in total. The smallest absolute Gasteiger partial charge is 0.273 e. The van der Waals surface area contributed by atoms with Gasteiger partial charge in [0.1, 0.15) is 0 Å². The third-order valence-corrected chi connectivity index (χ3v) is 3.57. The van der Waals surface area contributed by atoms with Crippen molar-refractivity contribution in [1.82, 2.24) is 20.2 Å². The number of aromatic amines is 1. The Labute approximate surface area is 131 Å². The Bertz CT molecular complexity index is 832. The SMILES string of the molecule is Nc1nccc(-c2cc(I)cc3[nH]nc(C(=O)Cl)c23)n1. The minimum absolute atomic E-state index is 0.164. The molecule has 0 aliphatic carbocycles. The lowest BCUT2D eigenvalue weighted by atomic mass is 10.0. The van der Waals surface area contributed by atoms with E-state index in [9.17, 15) is 4.79 Å². The number of nitrogen functional groups attached to an aromatic ring is 1. The number of anilines is 1. The highest BCUT2D eigenvalue weighted by Crippen LogP contribution is 2.31. The number of H-pyrrole nitrogens is 1. The molecular formula is C12H7ClIN5O. The number of aromatic nitrogens is 4. The summed E-state index contributed by atoms with van der Waals surface area (Å²) in [7, 11) is 0. The van der Waals surface area contributed by atoms with Crippen LogP contribution in [0.1, 0.15) is 10.5 Å². The van der Waals surface area contributed by atoms with Crippen molar-refractivity contribution in [2.45, 2.75) is 0 Å². The van der Waals surface area contributed by atoms with E-state index in [1.54, 1.807) is 12.3 Å². The second-order valence-electron chi connectivity index (χ2n) is 4.02. The number of carbonyl (C=O) groups is 1. The number of rotatable bonds is 2. The highest BCUT2D eigenvalue weighted by molar-refractivity contribution is 14.1. The summed E-state index contributed by atoms with van der Waals surface area (Å²) >= 11 is 7.75. The van der Waals surface area contributed by atoms with E-state index in [0.29, 0.717) is 16.6 Å². The van der Waals surface area contributed by atoms with Crippen molar-refractivity contribution in [3.8, 4) is 11.3 Å². The van der Waals surface area contributed by atoms with Gasteiger partial charge in [0.2, 0.25) is 5.95 Å². The lowest BCUT2D eigenvalue weighted by Gasteiger charge is -2.05. The molecule has 0 aliphatic heterocycles. The van der Waals surface area contributed by atoms with Crippen molar-refractivity contribution in [3.05, 3.63) is 33.7 Å². The van der Waals surface area contributed by atoms with Crippen LogP contribution < -0.4 is 5.73 Å². The number of nitrogens with two attached hydrogens (primary N) is 1. The molecule has 0 aliphatic rings. The molecule has 3 N–H and O–H groups in total. The Morgan fingerprint density at radius 2 is 2.20 bits per heavy atom. The van der Waals surface area contributed by atoms with Crippen molar-refractivity contribution in [3.63, 3.8) is 0 Å². The molecule has 1 aromatic carbocycles. The summed E-state index contributed by atoms with van der Waals surface area (Å²) in [4.78, 5) is 19.5. The molecule has 20 heavy (non-hydrogen) atoms. The zero-order valence-electron chi connectivity index (χ0n) is 9.89. The van der Waals surface area contributed by atoms with Crippen LogP contribution in [0.25, 0.3) is 22.2 Å². The number of fused-ring (bicyclic) bond motifs is 1. The number of nitrogens with one attached hydrogen (secondary N) is 1. The molecule has 0 unspecified atom stereocenters. The van der Waals surface area contributed by atoms with Gasteiger partial charge in [0.25, 0.3) is 5.24 Å². The van der Waals surface area contributed by atoms with E-state index in [1.807, 2.05) is 12.1 Å². The van der Waals surface area contributed by atoms with Gasteiger partial charge >= 0.3 is 0 Å². The third-order valence-electron chi connectivity index (χ3n) is 2.76. The van der Waals surface area contributed by atoms with Gasteiger partial charge in [-0.05, 0) is 52.4 Å². The number of carbonyl (C=O) groups excluding carboxylic acids is 1. The maximum Gasteiger partial charge on any atom is 0.273 e. The number of hydrogen-bond acceptors (Lipinski definition) is 5. The quantitative estimate of drug-likeness (QED) is 0.510. The molecule has 0 bridgehead atoms. The van der Waals surface area contributed by atoms with Gasteiger partial charge < -0.3 is 5.73 Å². The van der Waals surface area contributed by atoms with E-state index in [-0.39, 0.29) is 11.6 Å². The number of benzene rings is 1. The van der Waals surface area contributed by atoms with Gasteiger partial charge in [-0.15, -0.1) is 0 Å².